The second-order valence-corrected chi connectivity index (χ2v) is 8.72. The molecular formula is C26H30N2O4. The number of aryl methyl sites for hydroxylation is 1. The van der Waals surface area contributed by atoms with Crippen LogP contribution >= 0.6 is 0 Å². The van der Waals surface area contributed by atoms with Crippen LogP contribution in [0.1, 0.15) is 30.5 Å². The van der Waals surface area contributed by atoms with Crippen molar-refractivity contribution in [2.45, 2.75) is 27.7 Å². The van der Waals surface area contributed by atoms with Crippen molar-refractivity contribution in [3.05, 3.63) is 64.9 Å². The lowest BCUT2D eigenvalue weighted by atomic mass is 10.0. The molecule has 6 heteroatoms. The molecule has 1 fully saturated rings. The smallest absolute Gasteiger partial charge is 0.282 e. The first-order valence-electron chi connectivity index (χ1n) is 11.1. The molecule has 2 aliphatic heterocycles. The molecule has 2 aromatic rings. The third kappa shape index (κ3) is 4.15. The Kier molecular flexibility index (Phi) is 6.33. The minimum absolute atomic E-state index is 0.277. The number of nitrogens with zero attached hydrogens (tertiary/aromatic N) is 2. The Morgan fingerprint density at radius 1 is 0.969 bits per heavy atom. The predicted octanol–water partition coefficient (Wildman–Crippen LogP) is 3.95. The molecule has 2 amide bonds. The highest BCUT2D eigenvalue weighted by Gasteiger charge is 2.43. The van der Waals surface area contributed by atoms with Crippen LogP contribution in [-0.4, -0.2) is 49.6 Å². The Morgan fingerprint density at radius 2 is 1.66 bits per heavy atom. The zero-order valence-corrected chi connectivity index (χ0v) is 19.2. The number of carbonyl (C=O) groups is 2. The summed E-state index contributed by atoms with van der Waals surface area (Å²) in [6.07, 6.45) is 0. The molecule has 2 aliphatic rings. The fraction of sp³-hybridized carbons (Fsp3) is 0.385. The Morgan fingerprint density at radius 3 is 2.31 bits per heavy atom. The Balaban J connectivity index is 1.75. The van der Waals surface area contributed by atoms with Gasteiger partial charge in [-0.15, -0.1) is 0 Å². The zero-order chi connectivity index (χ0) is 22.8. The quantitative estimate of drug-likeness (QED) is 0.645. The standard InChI is InChI=1S/C26H30N2O4/c1-17(2)16-32-21-10-8-20(9-11-21)23-24(27-12-14-31-15-13-27)26(30)28(25(23)29)22-7-5-6-18(3)19(22)4/h5-11,17H,12-16H2,1-4H3. The van der Waals surface area contributed by atoms with Gasteiger partial charge in [0.2, 0.25) is 0 Å². The van der Waals surface area contributed by atoms with Gasteiger partial charge in [0.05, 0.1) is 31.1 Å². The van der Waals surface area contributed by atoms with E-state index in [9.17, 15) is 9.59 Å². The summed E-state index contributed by atoms with van der Waals surface area (Å²) in [7, 11) is 0. The van der Waals surface area contributed by atoms with Gasteiger partial charge in [-0.25, -0.2) is 4.90 Å². The highest BCUT2D eigenvalue weighted by molar-refractivity contribution is 6.45. The van der Waals surface area contributed by atoms with E-state index < -0.39 is 0 Å². The fourth-order valence-corrected chi connectivity index (χ4v) is 4.04. The molecule has 0 aliphatic carbocycles. The number of imide groups is 1. The van der Waals surface area contributed by atoms with Crippen LogP contribution in [0.4, 0.5) is 5.69 Å². The average molecular weight is 435 g/mol. The summed E-state index contributed by atoms with van der Waals surface area (Å²) in [5.74, 6) is 0.603. The molecule has 4 rings (SSSR count). The maximum Gasteiger partial charge on any atom is 0.282 e. The van der Waals surface area contributed by atoms with Gasteiger partial charge < -0.3 is 14.4 Å². The number of carbonyl (C=O) groups excluding carboxylic acids is 2. The van der Waals surface area contributed by atoms with Crippen LogP contribution in [0.25, 0.3) is 5.57 Å². The highest BCUT2D eigenvalue weighted by Crippen LogP contribution is 2.37. The summed E-state index contributed by atoms with van der Waals surface area (Å²) >= 11 is 0. The van der Waals surface area contributed by atoms with Gasteiger partial charge in [-0.2, -0.15) is 0 Å². The summed E-state index contributed by atoms with van der Waals surface area (Å²) in [5.41, 5.74) is 4.21. The van der Waals surface area contributed by atoms with Crippen molar-refractivity contribution < 1.29 is 19.1 Å². The largest absolute Gasteiger partial charge is 0.493 e. The summed E-state index contributed by atoms with van der Waals surface area (Å²) in [6, 6.07) is 13.1. The summed E-state index contributed by atoms with van der Waals surface area (Å²) in [5, 5.41) is 0. The second kappa shape index (κ2) is 9.17. The number of amides is 2. The number of hydrogen-bond donors (Lipinski definition) is 0. The molecule has 0 unspecified atom stereocenters. The zero-order valence-electron chi connectivity index (χ0n) is 19.2. The van der Waals surface area contributed by atoms with E-state index in [2.05, 4.69) is 13.8 Å². The van der Waals surface area contributed by atoms with E-state index in [-0.39, 0.29) is 11.8 Å². The average Bonchev–Trinajstić information content (AvgIpc) is 3.05. The fourth-order valence-electron chi connectivity index (χ4n) is 4.04. The molecule has 0 spiro atoms. The SMILES string of the molecule is Cc1cccc(N2C(=O)C(c3ccc(OCC(C)C)cc3)=C(N3CCOCC3)C2=O)c1C. The number of rotatable bonds is 6. The highest BCUT2D eigenvalue weighted by atomic mass is 16.5. The number of benzene rings is 2. The molecule has 0 N–H and O–H groups in total. The summed E-state index contributed by atoms with van der Waals surface area (Å²) < 4.78 is 11.3. The van der Waals surface area contributed by atoms with Crippen LogP contribution in [0.5, 0.6) is 5.75 Å². The number of anilines is 1. The Bertz CT molecular complexity index is 1050. The van der Waals surface area contributed by atoms with Crippen molar-refractivity contribution in [1.29, 1.82) is 0 Å². The first kappa shape index (κ1) is 22.1. The molecule has 0 radical (unpaired) electrons. The molecule has 0 saturated carbocycles. The molecular weight excluding hydrogens is 404 g/mol. The van der Waals surface area contributed by atoms with Gasteiger partial charge in [-0.05, 0) is 54.7 Å². The van der Waals surface area contributed by atoms with E-state index in [4.69, 9.17) is 9.47 Å². The third-order valence-electron chi connectivity index (χ3n) is 5.93. The molecule has 0 aromatic heterocycles. The van der Waals surface area contributed by atoms with Crippen molar-refractivity contribution in [2.24, 2.45) is 5.92 Å². The van der Waals surface area contributed by atoms with Gasteiger partial charge in [-0.1, -0.05) is 38.1 Å². The summed E-state index contributed by atoms with van der Waals surface area (Å²) in [4.78, 5) is 30.6. The van der Waals surface area contributed by atoms with E-state index in [1.807, 2.05) is 61.2 Å². The van der Waals surface area contributed by atoms with Crippen LogP contribution < -0.4 is 9.64 Å². The summed E-state index contributed by atoms with van der Waals surface area (Å²) in [6.45, 7) is 11.0. The predicted molar refractivity (Wildman–Crippen MR) is 124 cm³/mol. The number of hydrogen-bond acceptors (Lipinski definition) is 5. The molecule has 0 bridgehead atoms. The van der Waals surface area contributed by atoms with E-state index in [1.54, 1.807) is 0 Å². The van der Waals surface area contributed by atoms with Crippen molar-refractivity contribution in [3.8, 4) is 5.75 Å². The Hall–Kier alpha value is -3.12. The second-order valence-electron chi connectivity index (χ2n) is 8.72. The van der Waals surface area contributed by atoms with Gasteiger partial charge in [-0.3, -0.25) is 9.59 Å². The topological polar surface area (TPSA) is 59.1 Å². The molecule has 0 atom stereocenters. The lowest BCUT2D eigenvalue weighted by molar-refractivity contribution is -0.121. The van der Waals surface area contributed by atoms with Gasteiger partial charge >= 0.3 is 0 Å². The van der Waals surface area contributed by atoms with Crippen LogP contribution in [-0.2, 0) is 14.3 Å². The first-order valence-corrected chi connectivity index (χ1v) is 11.1. The molecule has 2 heterocycles. The van der Waals surface area contributed by atoms with Crippen LogP contribution in [0.2, 0.25) is 0 Å². The van der Waals surface area contributed by atoms with E-state index in [0.29, 0.717) is 55.8 Å². The maximum atomic E-state index is 13.7. The van der Waals surface area contributed by atoms with Gasteiger partial charge in [0.1, 0.15) is 11.4 Å². The third-order valence-corrected chi connectivity index (χ3v) is 5.93. The molecule has 2 aromatic carbocycles. The van der Waals surface area contributed by atoms with E-state index in [1.165, 1.54) is 4.90 Å². The molecule has 32 heavy (non-hydrogen) atoms. The Labute approximate surface area is 189 Å². The maximum absolute atomic E-state index is 13.7. The first-order chi connectivity index (χ1) is 15.4. The van der Waals surface area contributed by atoms with Crippen molar-refractivity contribution in [1.82, 2.24) is 4.90 Å². The van der Waals surface area contributed by atoms with Crippen molar-refractivity contribution in [3.63, 3.8) is 0 Å². The lowest BCUT2D eigenvalue weighted by Crippen LogP contribution is -2.40. The van der Waals surface area contributed by atoms with Crippen LogP contribution in [0.15, 0.2) is 48.2 Å². The van der Waals surface area contributed by atoms with Gasteiger partial charge in [0, 0.05) is 13.1 Å². The molecule has 168 valence electrons. The number of ether oxygens (including phenoxy) is 2. The normalized spacial score (nSPS) is 17.0. The number of morpholine rings is 1. The van der Waals surface area contributed by atoms with Gasteiger partial charge in [0.25, 0.3) is 11.8 Å². The van der Waals surface area contributed by atoms with Crippen molar-refractivity contribution >= 4 is 23.1 Å². The lowest BCUT2D eigenvalue weighted by Gasteiger charge is -2.29. The van der Waals surface area contributed by atoms with Gasteiger partial charge in [0.15, 0.2) is 0 Å². The van der Waals surface area contributed by atoms with E-state index >= 15 is 0 Å². The van der Waals surface area contributed by atoms with E-state index in [0.717, 1.165) is 22.4 Å². The van der Waals surface area contributed by atoms with Crippen LogP contribution in [0, 0.1) is 19.8 Å². The molecule has 1 saturated heterocycles. The minimum atomic E-state index is -0.291. The minimum Gasteiger partial charge on any atom is -0.493 e. The molecule has 6 nitrogen and oxygen atoms in total. The monoisotopic (exact) mass is 434 g/mol. The van der Waals surface area contributed by atoms with Crippen LogP contribution in [0.3, 0.4) is 0 Å². The van der Waals surface area contributed by atoms with Crippen molar-refractivity contribution in [2.75, 3.05) is 37.8 Å².